The number of ether oxygens (including phenoxy) is 1. The third-order valence-electron chi connectivity index (χ3n) is 2.49. The maximum absolute atomic E-state index is 12.2. The van der Waals surface area contributed by atoms with Gasteiger partial charge in [0, 0.05) is 25.9 Å². The minimum atomic E-state index is -0.156. The van der Waals surface area contributed by atoms with E-state index in [4.69, 9.17) is 22.1 Å². The van der Waals surface area contributed by atoms with Gasteiger partial charge in [-0.1, -0.05) is 11.6 Å². The highest BCUT2D eigenvalue weighted by molar-refractivity contribution is 6.33. The quantitative estimate of drug-likeness (QED) is 0.802. The number of rotatable bonds is 6. The van der Waals surface area contributed by atoms with Gasteiger partial charge in [0.1, 0.15) is 5.82 Å². The van der Waals surface area contributed by atoms with E-state index in [-0.39, 0.29) is 11.7 Å². The predicted molar refractivity (Wildman–Crippen MR) is 71.7 cm³/mol. The predicted octanol–water partition coefficient (Wildman–Crippen LogP) is 1.82. The van der Waals surface area contributed by atoms with E-state index >= 15 is 0 Å². The normalized spacial score (nSPS) is 10.4. The van der Waals surface area contributed by atoms with Crippen LogP contribution in [0.25, 0.3) is 0 Å². The lowest BCUT2D eigenvalue weighted by molar-refractivity contribution is 0.0669. The van der Waals surface area contributed by atoms with Gasteiger partial charge in [-0.05, 0) is 19.9 Å². The smallest absolute Gasteiger partial charge is 0.255 e. The van der Waals surface area contributed by atoms with Crippen LogP contribution in [0.1, 0.15) is 24.2 Å². The molecule has 0 saturated heterocycles. The molecule has 0 fully saturated rings. The molecule has 1 heterocycles. The van der Waals surface area contributed by atoms with Gasteiger partial charge >= 0.3 is 0 Å². The third kappa shape index (κ3) is 3.85. The van der Waals surface area contributed by atoms with Crippen LogP contribution in [0.4, 0.5) is 5.82 Å². The number of halogens is 1. The number of nitrogen functional groups attached to an aromatic ring is 1. The topological polar surface area (TPSA) is 68.5 Å². The molecule has 0 unspecified atom stereocenters. The summed E-state index contributed by atoms with van der Waals surface area (Å²) in [5.41, 5.74) is 5.94. The van der Waals surface area contributed by atoms with E-state index in [0.29, 0.717) is 36.9 Å². The van der Waals surface area contributed by atoms with E-state index in [2.05, 4.69) is 4.98 Å². The summed E-state index contributed by atoms with van der Waals surface area (Å²) in [6, 6.07) is 1.49. The first-order valence-corrected chi connectivity index (χ1v) is 6.26. The average molecular weight is 272 g/mol. The Bertz CT molecular complexity index is 412. The van der Waals surface area contributed by atoms with E-state index < -0.39 is 0 Å². The molecule has 0 aromatic carbocycles. The van der Waals surface area contributed by atoms with Crippen molar-refractivity contribution in [3.05, 3.63) is 22.8 Å². The second kappa shape index (κ2) is 7.18. The molecule has 1 amide bonds. The van der Waals surface area contributed by atoms with Gasteiger partial charge in [0.2, 0.25) is 0 Å². The molecular weight excluding hydrogens is 254 g/mol. The van der Waals surface area contributed by atoms with Crippen LogP contribution in [-0.4, -0.2) is 42.1 Å². The standard InChI is InChI=1S/C12H18ClN3O2/c1-3-16(5-6-18-4-2)12(17)9-7-11(14)15-8-10(9)13/h7-8H,3-6H2,1-2H3,(H2,14,15). The third-order valence-corrected chi connectivity index (χ3v) is 2.79. The summed E-state index contributed by atoms with van der Waals surface area (Å²) in [6.07, 6.45) is 1.39. The molecule has 0 saturated carbocycles. The van der Waals surface area contributed by atoms with Crippen LogP contribution < -0.4 is 5.73 Å². The fraction of sp³-hybridized carbons (Fsp3) is 0.500. The van der Waals surface area contributed by atoms with Crippen molar-refractivity contribution in [3.8, 4) is 0 Å². The fourth-order valence-corrected chi connectivity index (χ4v) is 1.70. The lowest BCUT2D eigenvalue weighted by atomic mass is 10.2. The van der Waals surface area contributed by atoms with Gasteiger partial charge in [-0.15, -0.1) is 0 Å². The van der Waals surface area contributed by atoms with Crippen molar-refractivity contribution < 1.29 is 9.53 Å². The van der Waals surface area contributed by atoms with Crippen molar-refractivity contribution in [1.29, 1.82) is 0 Å². The molecule has 0 bridgehead atoms. The van der Waals surface area contributed by atoms with Gasteiger partial charge in [-0.2, -0.15) is 0 Å². The molecule has 0 spiro atoms. The molecule has 6 heteroatoms. The van der Waals surface area contributed by atoms with Crippen LogP contribution in [0.2, 0.25) is 5.02 Å². The van der Waals surface area contributed by atoms with Gasteiger partial charge in [0.05, 0.1) is 17.2 Å². The van der Waals surface area contributed by atoms with Crippen LogP contribution in [0.3, 0.4) is 0 Å². The van der Waals surface area contributed by atoms with E-state index in [0.717, 1.165) is 0 Å². The molecule has 0 radical (unpaired) electrons. The largest absolute Gasteiger partial charge is 0.384 e. The van der Waals surface area contributed by atoms with Crippen LogP contribution in [-0.2, 0) is 4.74 Å². The number of hydrogen-bond donors (Lipinski definition) is 1. The monoisotopic (exact) mass is 271 g/mol. The molecular formula is C12H18ClN3O2. The van der Waals surface area contributed by atoms with Crippen molar-refractivity contribution in [1.82, 2.24) is 9.88 Å². The lowest BCUT2D eigenvalue weighted by Gasteiger charge is -2.21. The van der Waals surface area contributed by atoms with Gasteiger partial charge in [-0.3, -0.25) is 4.79 Å². The van der Waals surface area contributed by atoms with E-state index in [1.54, 1.807) is 4.90 Å². The SMILES string of the molecule is CCOCCN(CC)C(=O)c1cc(N)ncc1Cl. The Balaban J connectivity index is 2.79. The Hall–Kier alpha value is -1.33. The molecule has 0 aliphatic carbocycles. The van der Waals surface area contributed by atoms with Gasteiger partial charge in [0.15, 0.2) is 0 Å². The molecule has 1 aromatic rings. The molecule has 0 aliphatic rings. The Labute approximate surface area is 112 Å². The maximum atomic E-state index is 12.2. The Morgan fingerprint density at radius 2 is 2.28 bits per heavy atom. The van der Waals surface area contributed by atoms with Crippen LogP contribution in [0.5, 0.6) is 0 Å². The highest BCUT2D eigenvalue weighted by Gasteiger charge is 2.17. The van der Waals surface area contributed by atoms with Gasteiger partial charge in [-0.25, -0.2) is 4.98 Å². The highest BCUT2D eigenvalue weighted by Crippen LogP contribution is 2.18. The van der Waals surface area contributed by atoms with Crippen LogP contribution in [0.15, 0.2) is 12.3 Å². The summed E-state index contributed by atoms with van der Waals surface area (Å²) < 4.78 is 5.24. The number of likely N-dealkylation sites (N-methyl/N-ethyl adjacent to an activating group) is 1. The summed E-state index contributed by atoms with van der Waals surface area (Å²) >= 11 is 5.96. The number of pyridine rings is 1. The van der Waals surface area contributed by atoms with Crippen LogP contribution in [0, 0.1) is 0 Å². The first-order chi connectivity index (χ1) is 8.60. The van der Waals surface area contributed by atoms with E-state index in [1.165, 1.54) is 12.3 Å². The minimum absolute atomic E-state index is 0.156. The maximum Gasteiger partial charge on any atom is 0.255 e. The summed E-state index contributed by atoms with van der Waals surface area (Å²) in [6.45, 7) is 6.08. The molecule has 1 aromatic heterocycles. The summed E-state index contributed by atoms with van der Waals surface area (Å²) in [5.74, 6) is 0.125. The number of carbonyl (C=O) groups excluding carboxylic acids is 1. The minimum Gasteiger partial charge on any atom is -0.384 e. The van der Waals surface area contributed by atoms with Crippen molar-refractivity contribution >= 4 is 23.3 Å². The lowest BCUT2D eigenvalue weighted by Crippen LogP contribution is -2.34. The highest BCUT2D eigenvalue weighted by atomic mass is 35.5. The zero-order chi connectivity index (χ0) is 13.5. The summed E-state index contributed by atoms with van der Waals surface area (Å²) in [7, 11) is 0. The Kier molecular flexibility index (Phi) is 5.88. The number of anilines is 1. The van der Waals surface area contributed by atoms with Gasteiger partial charge < -0.3 is 15.4 Å². The van der Waals surface area contributed by atoms with Crippen molar-refractivity contribution in [2.75, 3.05) is 32.0 Å². The molecule has 5 nitrogen and oxygen atoms in total. The molecule has 0 aliphatic heterocycles. The van der Waals surface area contributed by atoms with E-state index in [1.807, 2.05) is 13.8 Å². The molecule has 100 valence electrons. The number of hydrogen-bond acceptors (Lipinski definition) is 4. The number of aromatic nitrogens is 1. The number of nitrogens with two attached hydrogens (primary N) is 1. The Morgan fingerprint density at radius 1 is 1.56 bits per heavy atom. The second-order valence-corrected chi connectivity index (χ2v) is 4.08. The Morgan fingerprint density at radius 3 is 2.89 bits per heavy atom. The zero-order valence-electron chi connectivity index (χ0n) is 10.6. The first-order valence-electron chi connectivity index (χ1n) is 5.88. The molecule has 18 heavy (non-hydrogen) atoms. The van der Waals surface area contributed by atoms with Crippen molar-refractivity contribution in [3.63, 3.8) is 0 Å². The van der Waals surface area contributed by atoms with Crippen LogP contribution >= 0.6 is 11.6 Å². The fourth-order valence-electron chi connectivity index (χ4n) is 1.51. The molecule has 1 rings (SSSR count). The molecule has 0 atom stereocenters. The van der Waals surface area contributed by atoms with E-state index in [9.17, 15) is 4.79 Å². The second-order valence-electron chi connectivity index (χ2n) is 3.67. The summed E-state index contributed by atoms with van der Waals surface area (Å²) in [5, 5.41) is 0.309. The number of amides is 1. The molecule has 2 N–H and O–H groups in total. The number of nitrogens with zero attached hydrogens (tertiary/aromatic N) is 2. The zero-order valence-corrected chi connectivity index (χ0v) is 11.4. The number of carbonyl (C=O) groups is 1. The first kappa shape index (κ1) is 14.7. The average Bonchev–Trinajstić information content (AvgIpc) is 2.37. The van der Waals surface area contributed by atoms with Crippen molar-refractivity contribution in [2.24, 2.45) is 0 Å². The van der Waals surface area contributed by atoms with Gasteiger partial charge in [0.25, 0.3) is 5.91 Å². The summed E-state index contributed by atoms with van der Waals surface area (Å²) in [4.78, 5) is 17.7. The van der Waals surface area contributed by atoms with Crippen molar-refractivity contribution in [2.45, 2.75) is 13.8 Å².